The average Bonchev–Trinajstić information content (AvgIpc) is 3.40. The van der Waals surface area contributed by atoms with Crippen molar-refractivity contribution in [1.29, 1.82) is 0 Å². The predicted octanol–water partition coefficient (Wildman–Crippen LogP) is 3.43. The molecular formula is C34H49N5O10S. The zero-order valence-electron chi connectivity index (χ0n) is 29.3. The van der Waals surface area contributed by atoms with Crippen molar-refractivity contribution in [3.05, 3.63) is 41.0 Å². The molecule has 2 aliphatic heterocycles. The largest absolute Gasteiger partial charge is 0.465 e. The fraction of sp³-hybridized carbons (Fsp3) is 0.618. The number of carbonyl (C=O) groups excluding carboxylic acids is 4. The normalized spacial score (nSPS) is 19.4. The van der Waals surface area contributed by atoms with Crippen LogP contribution in [0.15, 0.2) is 24.3 Å². The lowest BCUT2D eigenvalue weighted by Crippen LogP contribution is -2.56. The third-order valence-corrected chi connectivity index (χ3v) is 10.5. The van der Waals surface area contributed by atoms with Gasteiger partial charge in [-0.25, -0.2) is 18.5 Å². The summed E-state index contributed by atoms with van der Waals surface area (Å²) in [6.45, 7) is 9.19. The van der Waals surface area contributed by atoms with Gasteiger partial charge in [0.05, 0.1) is 12.1 Å². The summed E-state index contributed by atoms with van der Waals surface area (Å²) in [4.78, 5) is 66.1. The first-order valence-electron chi connectivity index (χ1n) is 17.0. The summed E-state index contributed by atoms with van der Waals surface area (Å²) in [6.07, 6.45) is 5.61. The van der Waals surface area contributed by atoms with Crippen LogP contribution in [0.2, 0.25) is 0 Å². The second-order valence-electron chi connectivity index (χ2n) is 14.1. The fourth-order valence-corrected chi connectivity index (χ4v) is 7.10. The smallest absolute Gasteiger partial charge is 0.408 e. The molecule has 3 unspecified atom stereocenters. The maximum Gasteiger partial charge on any atom is 0.408 e. The Morgan fingerprint density at radius 1 is 1.16 bits per heavy atom. The van der Waals surface area contributed by atoms with E-state index in [0.717, 1.165) is 16.7 Å². The number of nitrogens with one attached hydrogen (secondary N) is 3. The van der Waals surface area contributed by atoms with Crippen LogP contribution >= 0.6 is 0 Å². The van der Waals surface area contributed by atoms with Crippen molar-refractivity contribution < 1.29 is 46.4 Å². The number of hydrogen-bond donors (Lipinski definition) is 4. The Bertz CT molecular complexity index is 1610. The van der Waals surface area contributed by atoms with E-state index in [4.69, 9.17) is 8.92 Å². The number of fused-ring (bicyclic) bond motifs is 1. The number of hydrogen-bond acceptors (Lipinski definition) is 9. The maximum absolute atomic E-state index is 13.3. The van der Waals surface area contributed by atoms with E-state index in [2.05, 4.69) is 10.6 Å². The topological polar surface area (TPSA) is 201 Å². The van der Waals surface area contributed by atoms with Crippen molar-refractivity contribution in [2.45, 2.75) is 116 Å². The van der Waals surface area contributed by atoms with Crippen molar-refractivity contribution >= 4 is 46.3 Å². The van der Waals surface area contributed by atoms with Crippen LogP contribution in [0.3, 0.4) is 0 Å². The van der Waals surface area contributed by atoms with Crippen LogP contribution in [-0.4, -0.2) is 89.6 Å². The molecule has 0 spiro atoms. The van der Waals surface area contributed by atoms with Crippen LogP contribution in [0, 0.1) is 5.92 Å². The molecule has 3 atom stereocenters. The summed E-state index contributed by atoms with van der Waals surface area (Å²) in [5.74, 6) is -2.45. The molecule has 4 N–H and O–H groups in total. The summed E-state index contributed by atoms with van der Waals surface area (Å²) in [5.41, 5.74) is 1.19. The van der Waals surface area contributed by atoms with Crippen molar-refractivity contribution in [2.75, 3.05) is 13.1 Å². The monoisotopic (exact) mass is 719 g/mol. The van der Waals surface area contributed by atoms with Crippen LogP contribution in [-0.2, 0) is 46.7 Å². The van der Waals surface area contributed by atoms with Crippen LogP contribution in [0.25, 0.3) is 6.08 Å². The first kappa shape index (κ1) is 38.6. The molecule has 3 aliphatic rings. The Morgan fingerprint density at radius 3 is 2.54 bits per heavy atom. The molecule has 0 radical (unpaired) electrons. The van der Waals surface area contributed by atoms with E-state index >= 15 is 0 Å². The van der Waals surface area contributed by atoms with E-state index in [9.17, 15) is 37.5 Å². The van der Waals surface area contributed by atoms with Gasteiger partial charge in [0.2, 0.25) is 11.8 Å². The first-order chi connectivity index (χ1) is 23.4. The Labute approximate surface area is 293 Å². The van der Waals surface area contributed by atoms with E-state index in [1.807, 2.05) is 35.1 Å². The first-order valence-corrected chi connectivity index (χ1v) is 18.4. The number of likely N-dealkylation sites (tertiary alicyclic amines) is 1. The number of alkyl carbamates (subject to hydrolysis) is 1. The van der Waals surface area contributed by atoms with E-state index in [-0.39, 0.29) is 6.54 Å². The summed E-state index contributed by atoms with van der Waals surface area (Å²) >= 11 is 0. The van der Waals surface area contributed by atoms with Gasteiger partial charge in [-0.3, -0.25) is 19.3 Å². The molecule has 1 saturated heterocycles. The van der Waals surface area contributed by atoms with Crippen LogP contribution in [0.1, 0.15) is 96.3 Å². The number of carbonyl (C=O) groups is 5. The van der Waals surface area contributed by atoms with Gasteiger partial charge in [0.1, 0.15) is 24.2 Å². The Hall–Kier alpha value is -4.18. The summed E-state index contributed by atoms with van der Waals surface area (Å²) < 4.78 is 37.4. The van der Waals surface area contributed by atoms with E-state index < -0.39 is 76.0 Å². The number of allylic oxidation sites excluding steroid dienone is 1. The lowest BCUT2D eigenvalue weighted by Gasteiger charge is -2.29. The van der Waals surface area contributed by atoms with E-state index in [1.165, 1.54) is 9.80 Å². The van der Waals surface area contributed by atoms with Crippen molar-refractivity contribution in [1.82, 2.24) is 25.2 Å². The summed E-state index contributed by atoms with van der Waals surface area (Å²) in [7, 11) is -4.38. The second-order valence-corrected chi connectivity index (χ2v) is 15.4. The standard InChI is InChI=1S/C34H49N5O10S/c1-6-22(2)28(30(42)37-50(46,47)49-34(5)16-17-34)36-29(41)26-14-10-18-39(26)27(40)19-35-31(43)48-33(3,4)15-8-7-11-23-12-9-13-24-20-38(32(44)45)21-25(23)24/h7,9,11-13,22,26,28H,6,8,10,14-21H2,1-5H3,(H,35,43)(H,36,41)(H,37,42)(H,44,45). The van der Waals surface area contributed by atoms with Gasteiger partial charge >= 0.3 is 22.5 Å². The zero-order chi connectivity index (χ0) is 36.9. The van der Waals surface area contributed by atoms with Gasteiger partial charge in [-0.1, -0.05) is 50.6 Å². The number of rotatable bonds is 15. The lowest BCUT2D eigenvalue weighted by molar-refractivity contribution is -0.139. The SMILES string of the molecule is CCC(C)C(NC(=O)C1CCCN1C(=O)CNC(=O)OC(C)(C)CCC=Cc1cccc2c1CN(C(=O)O)C2)C(=O)NS(=O)(=O)OC1(C)CC1. The third-order valence-electron chi connectivity index (χ3n) is 9.41. The molecule has 1 aromatic carbocycles. The highest BCUT2D eigenvalue weighted by Gasteiger charge is 2.44. The van der Waals surface area contributed by atoms with Gasteiger partial charge < -0.3 is 25.4 Å². The Morgan fingerprint density at radius 2 is 1.88 bits per heavy atom. The summed E-state index contributed by atoms with van der Waals surface area (Å²) in [5, 5.41) is 14.4. The Kier molecular flexibility index (Phi) is 12.2. The molecular weight excluding hydrogens is 670 g/mol. The predicted molar refractivity (Wildman–Crippen MR) is 182 cm³/mol. The third kappa shape index (κ3) is 10.4. The minimum absolute atomic E-state index is 0.269. The molecule has 4 rings (SSSR count). The average molecular weight is 720 g/mol. The minimum atomic E-state index is -4.38. The second kappa shape index (κ2) is 15.8. The highest BCUT2D eigenvalue weighted by Crippen LogP contribution is 2.39. The lowest BCUT2D eigenvalue weighted by atomic mass is 9.98. The zero-order valence-corrected chi connectivity index (χ0v) is 30.1. The van der Waals surface area contributed by atoms with Gasteiger partial charge in [0.25, 0.3) is 5.91 Å². The minimum Gasteiger partial charge on any atom is -0.465 e. The van der Waals surface area contributed by atoms with Crippen molar-refractivity contribution in [3.8, 4) is 0 Å². The Balaban J connectivity index is 1.24. The molecule has 0 bridgehead atoms. The molecule has 15 nitrogen and oxygen atoms in total. The molecule has 2 heterocycles. The van der Waals surface area contributed by atoms with Gasteiger partial charge in [-0.2, -0.15) is 8.42 Å². The summed E-state index contributed by atoms with van der Waals surface area (Å²) in [6, 6.07) is 3.66. The van der Waals surface area contributed by atoms with Crippen LogP contribution < -0.4 is 15.4 Å². The fourth-order valence-electron chi connectivity index (χ4n) is 5.99. The van der Waals surface area contributed by atoms with Crippen LogP contribution in [0.4, 0.5) is 9.59 Å². The highest BCUT2D eigenvalue weighted by molar-refractivity contribution is 7.85. The maximum atomic E-state index is 13.3. The van der Waals surface area contributed by atoms with E-state index in [1.54, 1.807) is 34.6 Å². The van der Waals surface area contributed by atoms with Gasteiger partial charge in [0.15, 0.2) is 0 Å². The molecule has 16 heteroatoms. The highest BCUT2D eigenvalue weighted by atomic mass is 32.2. The quantitative estimate of drug-likeness (QED) is 0.208. The van der Waals surface area contributed by atoms with Gasteiger partial charge in [0, 0.05) is 13.1 Å². The molecule has 1 aliphatic carbocycles. The molecule has 1 saturated carbocycles. The molecule has 50 heavy (non-hydrogen) atoms. The number of nitrogens with zero attached hydrogens (tertiary/aromatic N) is 2. The molecule has 0 aromatic heterocycles. The van der Waals surface area contributed by atoms with Crippen molar-refractivity contribution in [3.63, 3.8) is 0 Å². The number of amides is 5. The number of ether oxygens (including phenoxy) is 1. The molecule has 1 aromatic rings. The number of benzene rings is 1. The van der Waals surface area contributed by atoms with E-state index in [0.29, 0.717) is 58.0 Å². The van der Waals surface area contributed by atoms with Gasteiger partial charge in [-0.15, -0.1) is 0 Å². The molecule has 2 fully saturated rings. The van der Waals surface area contributed by atoms with Crippen LogP contribution in [0.5, 0.6) is 0 Å². The molecule has 5 amide bonds. The van der Waals surface area contributed by atoms with Gasteiger partial charge in [-0.05, 0) is 81.9 Å². The number of carboxylic acid groups (broad SMARTS) is 1. The molecule has 276 valence electrons. The van der Waals surface area contributed by atoms with Crippen molar-refractivity contribution in [2.24, 2.45) is 5.92 Å².